The van der Waals surface area contributed by atoms with Crippen LogP contribution in [0.5, 0.6) is 0 Å². The van der Waals surface area contributed by atoms with Gasteiger partial charge in [0.05, 0.1) is 6.54 Å². The van der Waals surface area contributed by atoms with Crippen LogP contribution in [0.25, 0.3) is 0 Å². The highest BCUT2D eigenvalue weighted by molar-refractivity contribution is 5.77. The van der Waals surface area contributed by atoms with E-state index in [4.69, 9.17) is 0 Å². The minimum absolute atomic E-state index is 0.0542. The van der Waals surface area contributed by atoms with E-state index < -0.39 is 0 Å². The van der Waals surface area contributed by atoms with E-state index in [0.29, 0.717) is 6.54 Å². The van der Waals surface area contributed by atoms with Crippen molar-refractivity contribution in [1.82, 2.24) is 15.5 Å². The lowest BCUT2D eigenvalue weighted by Crippen LogP contribution is -2.38. The molecule has 0 aromatic carbocycles. The fourth-order valence-electron chi connectivity index (χ4n) is 2.07. The van der Waals surface area contributed by atoms with Gasteiger partial charge >= 0.3 is 0 Å². The molecule has 4 heteroatoms. The summed E-state index contributed by atoms with van der Waals surface area (Å²) in [7, 11) is 3.84. The van der Waals surface area contributed by atoms with Crippen molar-refractivity contribution >= 4 is 5.91 Å². The standard InChI is InChI=1S/C11H23N3O/c1-12-11(15)9-13-7-8-14(2)10-5-3-4-6-10/h10,13H,3-9H2,1-2H3,(H,12,15). The summed E-state index contributed by atoms with van der Waals surface area (Å²) in [5.41, 5.74) is 0. The summed E-state index contributed by atoms with van der Waals surface area (Å²) in [4.78, 5) is 13.3. The number of likely N-dealkylation sites (N-methyl/N-ethyl adjacent to an activating group) is 2. The monoisotopic (exact) mass is 213 g/mol. The number of rotatable bonds is 6. The zero-order chi connectivity index (χ0) is 11.1. The predicted octanol–water partition coefficient (Wildman–Crippen LogP) is 0.196. The Hall–Kier alpha value is -0.610. The van der Waals surface area contributed by atoms with Crippen molar-refractivity contribution < 1.29 is 4.79 Å². The van der Waals surface area contributed by atoms with Crippen LogP contribution in [0.4, 0.5) is 0 Å². The highest BCUT2D eigenvalue weighted by Crippen LogP contribution is 2.21. The number of nitrogens with one attached hydrogen (secondary N) is 2. The average molecular weight is 213 g/mol. The molecule has 1 aliphatic carbocycles. The van der Waals surface area contributed by atoms with Gasteiger partial charge in [-0.2, -0.15) is 0 Å². The van der Waals surface area contributed by atoms with E-state index in [2.05, 4.69) is 22.6 Å². The van der Waals surface area contributed by atoms with Gasteiger partial charge in [-0.05, 0) is 19.9 Å². The van der Waals surface area contributed by atoms with E-state index >= 15 is 0 Å². The normalized spacial score (nSPS) is 17.3. The summed E-state index contributed by atoms with van der Waals surface area (Å²) in [6.45, 7) is 2.34. The fourth-order valence-corrected chi connectivity index (χ4v) is 2.07. The van der Waals surface area contributed by atoms with Crippen LogP contribution in [0.15, 0.2) is 0 Å². The SMILES string of the molecule is CNC(=O)CNCCN(C)C1CCCC1. The van der Waals surface area contributed by atoms with Crippen molar-refractivity contribution in [3.63, 3.8) is 0 Å². The second-order valence-electron chi connectivity index (χ2n) is 4.27. The van der Waals surface area contributed by atoms with E-state index in [1.54, 1.807) is 7.05 Å². The van der Waals surface area contributed by atoms with Crippen molar-refractivity contribution in [3.8, 4) is 0 Å². The van der Waals surface area contributed by atoms with Crippen LogP contribution in [0.3, 0.4) is 0 Å². The van der Waals surface area contributed by atoms with Gasteiger partial charge in [0, 0.05) is 26.2 Å². The summed E-state index contributed by atoms with van der Waals surface area (Å²) in [6, 6.07) is 0.770. The van der Waals surface area contributed by atoms with Crippen LogP contribution in [-0.2, 0) is 4.79 Å². The highest BCUT2D eigenvalue weighted by atomic mass is 16.1. The lowest BCUT2D eigenvalue weighted by Gasteiger charge is -2.23. The smallest absolute Gasteiger partial charge is 0.233 e. The molecule has 2 N–H and O–H groups in total. The zero-order valence-electron chi connectivity index (χ0n) is 9.88. The van der Waals surface area contributed by atoms with Gasteiger partial charge in [-0.15, -0.1) is 0 Å². The van der Waals surface area contributed by atoms with Crippen molar-refractivity contribution in [2.45, 2.75) is 31.7 Å². The predicted molar refractivity (Wildman–Crippen MR) is 61.8 cm³/mol. The quantitative estimate of drug-likeness (QED) is 0.619. The lowest BCUT2D eigenvalue weighted by molar-refractivity contribution is -0.119. The molecule has 0 aromatic heterocycles. The molecular formula is C11H23N3O. The topological polar surface area (TPSA) is 44.4 Å². The van der Waals surface area contributed by atoms with Crippen molar-refractivity contribution in [2.75, 3.05) is 33.7 Å². The van der Waals surface area contributed by atoms with E-state index in [-0.39, 0.29) is 5.91 Å². The molecule has 0 heterocycles. The Morgan fingerprint density at radius 3 is 2.67 bits per heavy atom. The Labute approximate surface area is 92.4 Å². The third kappa shape index (κ3) is 4.62. The molecular weight excluding hydrogens is 190 g/mol. The van der Waals surface area contributed by atoms with Gasteiger partial charge in [0.1, 0.15) is 0 Å². The number of hydrogen-bond acceptors (Lipinski definition) is 3. The van der Waals surface area contributed by atoms with Gasteiger partial charge in [-0.1, -0.05) is 12.8 Å². The van der Waals surface area contributed by atoms with Gasteiger partial charge < -0.3 is 15.5 Å². The van der Waals surface area contributed by atoms with Crippen molar-refractivity contribution in [1.29, 1.82) is 0 Å². The molecule has 0 atom stereocenters. The van der Waals surface area contributed by atoms with Crippen molar-refractivity contribution in [3.05, 3.63) is 0 Å². The van der Waals surface area contributed by atoms with E-state index in [0.717, 1.165) is 19.1 Å². The van der Waals surface area contributed by atoms with Crippen LogP contribution in [0.1, 0.15) is 25.7 Å². The van der Waals surface area contributed by atoms with Gasteiger partial charge in [-0.25, -0.2) is 0 Å². The average Bonchev–Trinajstić information content (AvgIpc) is 2.77. The third-order valence-electron chi connectivity index (χ3n) is 3.15. The maximum absolute atomic E-state index is 10.9. The summed E-state index contributed by atoms with van der Waals surface area (Å²) in [5.74, 6) is 0.0542. The Kier molecular flexibility index (Phi) is 5.65. The van der Waals surface area contributed by atoms with Gasteiger partial charge in [0.25, 0.3) is 0 Å². The van der Waals surface area contributed by atoms with Gasteiger partial charge in [0.2, 0.25) is 5.91 Å². The first-order chi connectivity index (χ1) is 7.24. The second kappa shape index (κ2) is 6.80. The molecule has 1 amide bonds. The molecule has 0 radical (unpaired) electrons. The van der Waals surface area contributed by atoms with Crippen LogP contribution in [-0.4, -0.2) is 50.6 Å². The molecule has 15 heavy (non-hydrogen) atoms. The molecule has 0 spiro atoms. The molecule has 88 valence electrons. The highest BCUT2D eigenvalue weighted by Gasteiger charge is 2.18. The molecule has 0 bridgehead atoms. The Morgan fingerprint density at radius 2 is 2.07 bits per heavy atom. The summed E-state index contributed by atoms with van der Waals surface area (Å²) >= 11 is 0. The van der Waals surface area contributed by atoms with Gasteiger partial charge in [0.15, 0.2) is 0 Å². The molecule has 1 rings (SSSR count). The maximum atomic E-state index is 10.9. The van der Waals surface area contributed by atoms with Crippen LogP contribution < -0.4 is 10.6 Å². The van der Waals surface area contributed by atoms with Crippen molar-refractivity contribution in [2.24, 2.45) is 0 Å². The molecule has 0 unspecified atom stereocenters. The number of hydrogen-bond donors (Lipinski definition) is 2. The van der Waals surface area contributed by atoms with Crippen LogP contribution >= 0.6 is 0 Å². The number of nitrogens with zero attached hydrogens (tertiary/aromatic N) is 1. The summed E-state index contributed by atoms with van der Waals surface area (Å²) in [6.07, 6.45) is 5.43. The number of amides is 1. The maximum Gasteiger partial charge on any atom is 0.233 e. The fraction of sp³-hybridized carbons (Fsp3) is 0.909. The number of carbonyl (C=O) groups is 1. The molecule has 0 aromatic rings. The second-order valence-corrected chi connectivity index (χ2v) is 4.27. The Balaban J connectivity index is 2.01. The lowest BCUT2D eigenvalue weighted by atomic mass is 10.2. The van der Waals surface area contributed by atoms with E-state index in [9.17, 15) is 4.79 Å². The molecule has 1 fully saturated rings. The van der Waals surface area contributed by atoms with Crippen LogP contribution in [0.2, 0.25) is 0 Å². The van der Waals surface area contributed by atoms with E-state index in [1.165, 1.54) is 25.7 Å². The Morgan fingerprint density at radius 1 is 1.40 bits per heavy atom. The van der Waals surface area contributed by atoms with Crippen LogP contribution in [0, 0.1) is 0 Å². The first-order valence-corrected chi connectivity index (χ1v) is 5.85. The van der Waals surface area contributed by atoms with E-state index in [1.807, 2.05) is 0 Å². The molecule has 4 nitrogen and oxygen atoms in total. The third-order valence-corrected chi connectivity index (χ3v) is 3.15. The largest absolute Gasteiger partial charge is 0.358 e. The zero-order valence-corrected chi connectivity index (χ0v) is 9.88. The minimum Gasteiger partial charge on any atom is -0.358 e. The van der Waals surface area contributed by atoms with Gasteiger partial charge in [-0.3, -0.25) is 4.79 Å². The molecule has 0 saturated heterocycles. The first kappa shape index (κ1) is 12.5. The molecule has 1 aliphatic rings. The summed E-state index contributed by atoms with van der Waals surface area (Å²) in [5, 5.41) is 5.73. The molecule has 1 saturated carbocycles. The minimum atomic E-state index is 0.0542. The molecule has 0 aliphatic heterocycles. The first-order valence-electron chi connectivity index (χ1n) is 5.85. The summed E-state index contributed by atoms with van der Waals surface area (Å²) < 4.78 is 0. The Bertz CT molecular complexity index is 190. The number of carbonyl (C=O) groups excluding carboxylic acids is 1.